The molecule has 0 bridgehead atoms. The van der Waals surface area contributed by atoms with Gasteiger partial charge in [-0.25, -0.2) is 4.68 Å². The van der Waals surface area contributed by atoms with Crippen LogP contribution in [0.5, 0.6) is 11.5 Å². The van der Waals surface area contributed by atoms with Crippen LogP contribution in [0.25, 0.3) is 11.0 Å². The van der Waals surface area contributed by atoms with Crippen molar-refractivity contribution in [2.75, 3.05) is 7.11 Å². The molecule has 0 radical (unpaired) electrons. The number of amides is 1. The number of benzene rings is 2. The van der Waals surface area contributed by atoms with Crippen molar-refractivity contribution in [3.8, 4) is 11.5 Å². The molecule has 1 aromatic heterocycles. The third kappa shape index (κ3) is 3.23. The zero-order valence-electron chi connectivity index (χ0n) is 12.6. The van der Waals surface area contributed by atoms with E-state index >= 15 is 0 Å². The molecule has 0 saturated heterocycles. The minimum atomic E-state index is -0.173. The van der Waals surface area contributed by atoms with Gasteiger partial charge in [0, 0.05) is 6.54 Å². The molecule has 2 aromatic carbocycles. The first-order valence-electron chi connectivity index (χ1n) is 7.08. The van der Waals surface area contributed by atoms with Crippen molar-refractivity contribution in [1.82, 2.24) is 20.3 Å². The van der Waals surface area contributed by atoms with E-state index in [0.29, 0.717) is 12.3 Å². The number of fused-ring (bicyclic) bond motifs is 1. The number of aromatic nitrogens is 3. The Morgan fingerprint density at radius 1 is 1.30 bits per heavy atom. The number of nitrogens with one attached hydrogen (secondary N) is 1. The molecule has 0 atom stereocenters. The van der Waals surface area contributed by atoms with E-state index in [1.807, 2.05) is 24.3 Å². The van der Waals surface area contributed by atoms with Crippen LogP contribution < -0.4 is 10.1 Å². The second kappa shape index (κ2) is 6.35. The minimum Gasteiger partial charge on any atom is -0.504 e. The van der Waals surface area contributed by atoms with Gasteiger partial charge >= 0.3 is 0 Å². The highest BCUT2D eigenvalue weighted by Crippen LogP contribution is 2.26. The number of hydrogen-bond donors (Lipinski definition) is 2. The maximum absolute atomic E-state index is 12.1. The van der Waals surface area contributed by atoms with E-state index in [1.165, 1.54) is 13.2 Å². The third-order valence-corrected chi connectivity index (χ3v) is 3.45. The van der Waals surface area contributed by atoms with Crippen LogP contribution in [0.15, 0.2) is 42.5 Å². The van der Waals surface area contributed by atoms with Crippen molar-refractivity contribution in [3.63, 3.8) is 0 Å². The Morgan fingerprint density at radius 2 is 2.13 bits per heavy atom. The Hall–Kier alpha value is -3.09. The van der Waals surface area contributed by atoms with E-state index in [1.54, 1.807) is 16.8 Å². The number of phenolic OH excluding ortho intramolecular Hbond substituents is 1. The van der Waals surface area contributed by atoms with Crippen LogP contribution in [-0.4, -0.2) is 33.1 Å². The van der Waals surface area contributed by atoms with Gasteiger partial charge in [0.2, 0.25) is 5.91 Å². The molecule has 0 unspecified atom stereocenters. The Labute approximate surface area is 132 Å². The molecule has 0 fully saturated rings. The molecule has 0 spiro atoms. The minimum absolute atomic E-state index is 0.0664. The summed E-state index contributed by atoms with van der Waals surface area (Å²) < 4.78 is 6.60. The normalized spacial score (nSPS) is 10.7. The van der Waals surface area contributed by atoms with Crippen molar-refractivity contribution in [2.45, 2.75) is 13.1 Å². The van der Waals surface area contributed by atoms with Crippen LogP contribution in [-0.2, 0) is 17.9 Å². The van der Waals surface area contributed by atoms with Gasteiger partial charge in [-0.05, 0) is 29.8 Å². The quantitative estimate of drug-likeness (QED) is 0.744. The molecule has 23 heavy (non-hydrogen) atoms. The highest BCUT2D eigenvalue weighted by molar-refractivity contribution is 5.79. The van der Waals surface area contributed by atoms with Crippen molar-refractivity contribution in [2.24, 2.45) is 0 Å². The van der Waals surface area contributed by atoms with E-state index in [2.05, 4.69) is 15.6 Å². The number of carbonyl (C=O) groups is 1. The van der Waals surface area contributed by atoms with Gasteiger partial charge in [-0.15, -0.1) is 5.10 Å². The van der Waals surface area contributed by atoms with Crippen LogP contribution >= 0.6 is 0 Å². The summed E-state index contributed by atoms with van der Waals surface area (Å²) in [7, 11) is 1.48. The maximum atomic E-state index is 12.1. The average Bonchev–Trinajstić information content (AvgIpc) is 2.97. The molecule has 3 rings (SSSR count). The molecule has 118 valence electrons. The van der Waals surface area contributed by atoms with Crippen LogP contribution in [0.4, 0.5) is 0 Å². The number of para-hydroxylation sites is 1. The Kier molecular flexibility index (Phi) is 4.09. The Morgan fingerprint density at radius 3 is 2.96 bits per heavy atom. The average molecular weight is 312 g/mol. The van der Waals surface area contributed by atoms with Crippen molar-refractivity contribution in [1.29, 1.82) is 0 Å². The summed E-state index contributed by atoms with van der Waals surface area (Å²) in [6.45, 7) is 0.428. The number of aromatic hydroxyl groups is 1. The molecule has 0 aliphatic rings. The highest BCUT2D eigenvalue weighted by Gasteiger charge is 2.09. The number of ether oxygens (including phenoxy) is 1. The Balaban J connectivity index is 1.64. The lowest BCUT2D eigenvalue weighted by atomic mass is 10.2. The van der Waals surface area contributed by atoms with E-state index in [0.717, 1.165) is 16.6 Å². The summed E-state index contributed by atoms with van der Waals surface area (Å²) in [6.07, 6.45) is 0. The molecule has 0 aliphatic carbocycles. The van der Waals surface area contributed by atoms with Crippen LogP contribution in [0, 0.1) is 0 Å². The van der Waals surface area contributed by atoms with Gasteiger partial charge in [0.1, 0.15) is 12.1 Å². The van der Waals surface area contributed by atoms with E-state index in [4.69, 9.17) is 4.74 Å². The Bertz CT molecular complexity index is 844. The largest absolute Gasteiger partial charge is 0.504 e. The van der Waals surface area contributed by atoms with E-state index in [-0.39, 0.29) is 18.2 Å². The van der Waals surface area contributed by atoms with Crippen LogP contribution in [0.3, 0.4) is 0 Å². The monoisotopic (exact) mass is 312 g/mol. The van der Waals surface area contributed by atoms with Gasteiger partial charge in [-0.1, -0.05) is 23.4 Å². The van der Waals surface area contributed by atoms with Crippen LogP contribution in [0.1, 0.15) is 5.56 Å². The highest BCUT2D eigenvalue weighted by atomic mass is 16.5. The third-order valence-electron chi connectivity index (χ3n) is 3.45. The lowest BCUT2D eigenvalue weighted by Crippen LogP contribution is -2.27. The van der Waals surface area contributed by atoms with Gasteiger partial charge < -0.3 is 15.2 Å². The molecule has 2 N–H and O–H groups in total. The first-order chi connectivity index (χ1) is 11.2. The lowest BCUT2D eigenvalue weighted by molar-refractivity contribution is -0.121. The fourth-order valence-corrected chi connectivity index (χ4v) is 2.26. The predicted octanol–water partition coefficient (Wildman–Crippen LogP) is 1.46. The van der Waals surface area contributed by atoms with Gasteiger partial charge in [-0.3, -0.25) is 4.79 Å². The first-order valence-corrected chi connectivity index (χ1v) is 7.08. The zero-order valence-corrected chi connectivity index (χ0v) is 12.6. The molecule has 0 saturated carbocycles. The van der Waals surface area contributed by atoms with Gasteiger partial charge in [0.25, 0.3) is 0 Å². The predicted molar refractivity (Wildman–Crippen MR) is 84.0 cm³/mol. The summed E-state index contributed by atoms with van der Waals surface area (Å²) in [5.74, 6) is 0.267. The topological polar surface area (TPSA) is 89.3 Å². The van der Waals surface area contributed by atoms with Crippen molar-refractivity contribution < 1.29 is 14.6 Å². The smallest absolute Gasteiger partial charge is 0.242 e. The van der Waals surface area contributed by atoms with Crippen molar-refractivity contribution in [3.05, 3.63) is 48.0 Å². The number of rotatable bonds is 5. The molecular weight excluding hydrogens is 296 g/mol. The van der Waals surface area contributed by atoms with Crippen LogP contribution in [0.2, 0.25) is 0 Å². The van der Waals surface area contributed by atoms with E-state index in [9.17, 15) is 9.90 Å². The maximum Gasteiger partial charge on any atom is 0.242 e. The summed E-state index contributed by atoms with van der Waals surface area (Å²) in [5.41, 5.74) is 2.40. The fraction of sp³-hybridized carbons (Fsp3) is 0.188. The van der Waals surface area contributed by atoms with Crippen molar-refractivity contribution >= 4 is 16.9 Å². The van der Waals surface area contributed by atoms with Gasteiger partial charge in [-0.2, -0.15) is 0 Å². The number of nitrogens with zero attached hydrogens (tertiary/aromatic N) is 3. The number of phenols is 1. The lowest BCUT2D eigenvalue weighted by Gasteiger charge is -2.08. The number of methoxy groups -OCH3 is 1. The summed E-state index contributed by atoms with van der Waals surface area (Å²) >= 11 is 0. The summed E-state index contributed by atoms with van der Waals surface area (Å²) in [6, 6.07) is 12.4. The second-order valence-corrected chi connectivity index (χ2v) is 5.02. The first kappa shape index (κ1) is 14.8. The summed E-state index contributed by atoms with van der Waals surface area (Å²) in [4.78, 5) is 12.1. The van der Waals surface area contributed by atoms with E-state index < -0.39 is 0 Å². The molecule has 3 aromatic rings. The van der Waals surface area contributed by atoms with Gasteiger partial charge in [0.15, 0.2) is 11.5 Å². The summed E-state index contributed by atoms with van der Waals surface area (Å²) in [5, 5.41) is 20.4. The molecule has 1 amide bonds. The standard InChI is InChI=1S/C16H16N4O3/c1-23-15-8-11(6-7-14(15)21)9-17-16(22)10-20-13-5-3-2-4-12(13)18-19-20/h2-8,21H,9-10H2,1H3,(H,17,22). The van der Waals surface area contributed by atoms with Gasteiger partial charge in [0.05, 0.1) is 12.6 Å². The molecule has 1 heterocycles. The molecule has 0 aliphatic heterocycles. The number of hydrogen-bond acceptors (Lipinski definition) is 5. The molecule has 7 heteroatoms. The number of carbonyl (C=O) groups excluding carboxylic acids is 1. The molecular formula is C16H16N4O3. The second-order valence-electron chi connectivity index (χ2n) is 5.02. The fourth-order valence-electron chi connectivity index (χ4n) is 2.26. The zero-order chi connectivity index (χ0) is 16.2. The SMILES string of the molecule is COc1cc(CNC(=O)Cn2nnc3ccccc32)ccc1O. The molecule has 7 nitrogen and oxygen atoms in total.